The first-order valence-electron chi connectivity index (χ1n) is 8.58. The molecule has 0 aromatic heterocycles. The van der Waals surface area contributed by atoms with Crippen LogP contribution in [0, 0.1) is 0 Å². The number of ether oxygens (including phenoxy) is 1. The second-order valence-corrected chi connectivity index (χ2v) is 6.62. The summed E-state index contributed by atoms with van der Waals surface area (Å²) in [4.78, 5) is 24.6. The molecule has 0 bridgehead atoms. The van der Waals surface area contributed by atoms with Crippen molar-refractivity contribution in [2.75, 3.05) is 13.2 Å². The number of benzene rings is 2. The molecule has 0 radical (unpaired) electrons. The number of aliphatic hydroxyl groups is 1. The minimum Gasteiger partial charge on any atom is -0.548 e. The fourth-order valence-corrected chi connectivity index (χ4v) is 3.94. The molecule has 0 unspecified atom stereocenters. The molecule has 1 aliphatic carbocycles. The number of carbonyl (C=O) groups is 2. The van der Waals surface area contributed by atoms with Crippen LogP contribution in [0.3, 0.4) is 0 Å². The van der Waals surface area contributed by atoms with Gasteiger partial charge < -0.3 is 19.7 Å². The number of nitrogens with zero attached hydrogens (tertiary/aromatic N) is 1. The summed E-state index contributed by atoms with van der Waals surface area (Å²) in [7, 11) is 0. The minimum atomic E-state index is -1.47. The van der Waals surface area contributed by atoms with Crippen LogP contribution in [-0.2, 0) is 9.53 Å². The Kier molecular flexibility index (Phi) is 4.12. The van der Waals surface area contributed by atoms with Crippen molar-refractivity contribution < 1.29 is 24.5 Å². The quantitative estimate of drug-likeness (QED) is 0.894. The molecule has 4 rings (SSSR count). The van der Waals surface area contributed by atoms with Gasteiger partial charge in [-0.1, -0.05) is 48.5 Å². The number of likely N-dealkylation sites (tertiary alicyclic amines) is 1. The van der Waals surface area contributed by atoms with Crippen LogP contribution in [0.4, 0.5) is 4.79 Å². The lowest BCUT2D eigenvalue weighted by Gasteiger charge is -2.27. The SMILES string of the molecule is O=C([O-])[C@@H]1[C@H](O)CCN1C(=O)OCC1c2ccccc2-c2ccccc21. The predicted molar refractivity (Wildman–Crippen MR) is 91.2 cm³/mol. The van der Waals surface area contributed by atoms with E-state index < -0.39 is 24.2 Å². The van der Waals surface area contributed by atoms with Gasteiger partial charge in [0.15, 0.2) is 0 Å². The van der Waals surface area contributed by atoms with Gasteiger partial charge in [0.2, 0.25) is 0 Å². The number of rotatable bonds is 3. The van der Waals surface area contributed by atoms with Crippen molar-refractivity contribution in [3.05, 3.63) is 59.7 Å². The zero-order valence-corrected chi connectivity index (χ0v) is 14.0. The molecule has 1 N–H and O–H groups in total. The van der Waals surface area contributed by atoms with Crippen molar-refractivity contribution in [3.8, 4) is 11.1 Å². The number of aliphatic carboxylic acids is 1. The summed E-state index contributed by atoms with van der Waals surface area (Å²) in [5.41, 5.74) is 4.40. The molecule has 0 saturated carbocycles. The number of carboxylic acid groups (broad SMARTS) is 1. The number of carboxylic acids is 1. The van der Waals surface area contributed by atoms with Gasteiger partial charge in [-0.2, -0.15) is 0 Å². The van der Waals surface area contributed by atoms with Gasteiger partial charge in [0.25, 0.3) is 0 Å². The van der Waals surface area contributed by atoms with Crippen LogP contribution < -0.4 is 5.11 Å². The molecule has 134 valence electrons. The van der Waals surface area contributed by atoms with Crippen molar-refractivity contribution in [2.45, 2.75) is 24.5 Å². The Balaban J connectivity index is 1.53. The van der Waals surface area contributed by atoms with Gasteiger partial charge in [-0.05, 0) is 28.7 Å². The fraction of sp³-hybridized carbons (Fsp3) is 0.300. The van der Waals surface area contributed by atoms with Crippen LogP contribution in [0.5, 0.6) is 0 Å². The summed E-state index contributed by atoms with van der Waals surface area (Å²) in [5.74, 6) is -1.57. The Bertz CT molecular complexity index is 819. The summed E-state index contributed by atoms with van der Waals surface area (Å²) < 4.78 is 5.44. The third-order valence-electron chi connectivity index (χ3n) is 5.18. The lowest BCUT2D eigenvalue weighted by Crippen LogP contribution is -2.51. The molecule has 6 heteroatoms. The largest absolute Gasteiger partial charge is 0.548 e. The van der Waals surface area contributed by atoms with Crippen LogP contribution in [0.15, 0.2) is 48.5 Å². The van der Waals surface area contributed by atoms with Gasteiger partial charge in [-0.25, -0.2) is 4.79 Å². The Morgan fingerprint density at radius 3 is 2.23 bits per heavy atom. The maximum Gasteiger partial charge on any atom is 0.410 e. The van der Waals surface area contributed by atoms with Gasteiger partial charge in [-0.15, -0.1) is 0 Å². The minimum absolute atomic E-state index is 0.0970. The van der Waals surface area contributed by atoms with Crippen LogP contribution in [-0.4, -0.2) is 47.4 Å². The van der Waals surface area contributed by atoms with Gasteiger partial charge in [0.1, 0.15) is 12.6 Å². The Labute approximate surface area is 150 Å². The molecule has 1 saturated heterocycles. The van der Waals surface area contributed by atoms with Crippen molar-refractivity contribution >= 4 is 12.1 Å². The second kappa shape index (κ2) is 6.46. The van der Waals surface area contributed by atoms with E-state index in [1.165, 1.54) is 0 Å². The lowest BCUT2D eigenvalue weighted by molar-refractivity contribution is -0.312. The number of hydrogen-bond donors (Lipinski definition) is 1. The molecule has 1 heterocycles. The average molecular weight is 352 g/mol. The third kappa shape index (κ3) is 2.63. The average Bonchev–Trinajstić information content (AvgIpc) is 3.18. The Morgan fingerprint density at radius 1 is 1.08 bits per heavy atom. The number of carbonyl (C=O) groups excluding carboxylic acids is 2. The van der Waals surface area contributed by atoms with Crippen molar-refractivity contribution in [3.63, 3.8) is 0 Å². The van der Waals surface area contributed by atoms with E-state index in [1.807, 2.05) is 48.5 Å². The summed E-state index contributed by atoms with van der Waals surface area (Å²) >= 11 is 0. The van der Waals surface area contributed by atoms with E-state index in [1.54, 1.807) is 0 Å². The van der Waals surface area contributed by atoms with E-state index in [2.05, 4.69) is 0 Å². The third-order valence-corrected chi connectivity index (χ3v) is 5.18. The van der Waals surface area contributed by atoms with Gasteiger partial charge in [-0.3, -0.25) is 4.90 Å². The van der Waals surface area contributed by atoms with E-state index in [9.17, 15) is 19.8 Å². The summed E-state index contributed by atoms with van der Waals surface area (Å²) in [6.45, 7) is 0.246. The van der Waals surface area contributed by atoms with E-state index in [4.69, 9.17) is 4.74 Å². The van der Waals surface area contributed by atoms with Crippen LogP contribution in [0.2, 0.25) is 0 Å². The summed E-state index contributed by atoms with van der Waals surface area (Å²) in [5, 5.41) is 20.9. The number of amides is 1. The molecule has 1 aliphatic heterocycles. The second-order valence-electron chi connectivity index (χ2n) is 6.62. The van der Waals surface area contributed by atoms with Crippen LogP contribution in [0.1, 0.15) is 23.5 Å². The Morgan fingerprint density at radius 2 is 1.65 bits per heavy atom. The van der Waals surface area contributed by atoms with Gasteiger partial charge in [0.05, 0.1) is 12.1 Å². The van der Waals surface area contributed by atoms with Gasteiger partial charge in [0, 0.05) is 12.5 Å². The van der Waals surface area contributed by atoms with Crippen LogP contribution >= 0.6 is 0 Å². The van der Waals surface area contributed by atoms with Gasteiger partial charge >= 0.3 is 6.09 Å². The van der Waals surface area contributed by atoms with E-state index >= 15 is 0 Å². The highest BCUT2D eigenvalue weighted by molar-refractivity contribution is 5.81. The zero-order chi connectivity index (χ0) is 18.3. The van der Waals surface area contributed by atoms with E-state index in [0.29, 0.717) is 0 Å². The molecule has 2 aromatic rings. The van der Waals surface area contributed by atoms with Crippen molar-refractivity contribution in [2.24, 2.45) is 0 Å². The number of fused-ring (bicyclic) bond motifs is 3. The fourth-order valence-electron chi connectivity index (χ4n) is 3.94. The molecule has 2 atom stereocenters. The Hall–Kier alpha value is -2.86. The smallest absolute Gasteiger partial charge is 0.410 e. The molecule has 0 spiro atoms. The highest BCUT2D eigenvalue weighted by Crippen LogP contribution is 2.44. The lowest BCUT2D eigenvalue weighted by atomic mass is 9.98. The topological polar surface area (TPSA) is 89.9 Å². The maximum absolute atomic E-state index is 12.4. The normalized spacial score (nSPS) is 21.3. The molecule has 1 fully saturated rings. The zero-order valence-electron chi connectivity index (χ0n) is 14.0. The molecular weight excluding hydrogens is 334 g/mol. The first-order valence-corrected chi connectivity index (χ1v) is 8.58. The molecule has 2 aliphatic rings. The molecular formula is C20H18NO5-. The number of aliphatic hydroxyl groups excluding tert-OH is 1. The molecule has 2 aromatic carbocycles. The van der Waals surface area contributed by atoms with Crippen molar-refractivity contribution in [1.82, 2.24) is 4.90 Å². The van der Waals surface area contributed by atoms with E-state index in [-0.39, 0.29) is 25.5 Å². The van der Waals surface area contributed by atoms with E-state index in [0.717, 1.165) is 27.2 Å². The highest BCUT2D eigenvalue weighted by atomic mass is 16.6. The summed E-state index contributed by atoms with van der Waals surface area (Å²) in [6, 6.07) is 14.6. The van der Waals surface area contributed by atoms with Crippen molar-refractivity contribution in [1.29, 1.82) is 0 Å². The molecule has 6 nitrogen and oxygen atoms in total. The van der Waals surface area contributed by atoms with Crippen LogP contribution in [0.25, 0.3) is 11.1 Å². The standard InChI is InChI=1S/C20H19NO5/c22-17-9-10-21(18(17)19(23)24)20(25)26-11-16-14-7-3-1-5-12(14)13-6-2-4-8-15(13)16/h1-8,16-18,22H,9-11H2,(H,23,24)/p-1/t17-,18+/m1/s1. The first kappa shape index (κ1) is 16.6. The molecule has 26 heavy (non-hydrogen) atoms. The highest BCUT2D eigenvalue weighted by Gasteiger charge is 2.38. The maximum atomic E-state index is 12.4. The summed E-state index contributed by atoms with van der Waals surface area (Å²) in [6.07, 6.45) is -1.67. The predicted octanol–water partition coefficient (Wildman–Crippen LogP) is 1.12. The molecule has 1 amide bonds. The monoisotopic (exact) mass is 352 g/mol. The first-order chi connectivity index (χ1) is 12.6. The number of hydrogen-bond acceptors (Lipinski definition) is 5.